The first-order chi connectivity index (χ1) is 32.7. The van der Waals surface area contributed by atoms with Crippen molar-refractivity contribution in [3.8, 4) is 112 Å². The number of nitrogens with zero attached hydrogens (tertiary/aromatic N) is 3. The topological polar surface area (TPSA) is 38.7 Å². The fourth-order valence-corrected chi connectivity index (χ4v) is 8.87. The highest BCUT2D eigenvalue weighted by molar-refractivity contribution is 6.05. The van der Waals surface area contributed by atoms with Crippen LogP contribution in [0.15, 0.2) is 261 Å². The molecule has 310 valence electrons. The van der Waals surface area contributed by atoms with Crippen LogP contribution in [0.5, 0.6) is 0 Å². The van der Waals surface area contributed by atoms with Crippen LogP contribution in [0.25, 0.3) is 112 Å². The number of aromatic nitrogens is 3. The monoisotopic (exact) mass is 841 g/mol. The summed E-state index contributed by atoms with van der Waals surface area (Å²) in [6.07, 6.45) is 0. The largest absolute Gasteiger partial charge is 0.246 e. The van der Waals surface area contributed by atoms with Crippen molar-refractivity contribution in [3.63, 3.8) is 0 Å². The van der Waals surface area contributed by atoms with Crippen LogP contribution in [-0.4, -0.2) is 15.0 Å². The summed E-state index contributed by atoms with van der Waals surface area (Å²) in [6, 6.07) is 91.7. The van der Waals surface area contributed by atoms with E-state index in [1.54, 1.807) is 0 Å². The van der Waals surface area contributed by atoms with E-state index in [1.165, 1.54) is 5.56 Å². The molecule has 2 aromatic heterocycles. The molecule has 0 radical (unpaired) electrons. The van der Waals surface area contributed by atoms with Gasteiger partial charge in [0.15, 0.2) is 5.82 Å². The number of pyridine rings is 1. The summed E-state index contributed by atoms with van der Waals surface area (Å²) in [7, 11) is 0. The minimum absolute atomic E-state index is 0.686. The zero-order chi connectivity index (χ0) is 44.1. The Kier molecular flexibility index (Phi) is 11.0. The van der Waals surface area contributed by atoms with Crippen LogP contribution >= 0.6 is 0 Å². The van der Waals surface area contributed by atoms with Gasteiger partial charge in [0.05, 0.1) is 22.8 Å². The molecule has 0 aliphatic carbocycles. The predicted octanol–water partition coefficient (Wildman–Crippen LogP) is 16.5. The minimum atomic E-state index is 0.686. The van der Waals surface area contributed by atoms with Gasteiger partial charge in [-0.15, -0.1) is 0 Å². The fraction of sp³-hybridized carbons (Fsp3) is 0. The van der Waals surface area contributed by atoms with Crippen molar-refractivity contribution < 1.29 is 0 Å². The van der Waals surface area contributed by atoms with Gasteiger partial charge >= 0.3 is 0 Å². The Morgan fingerprint density at radius 1 is 0.182 bits per heavy atom. The lowest BCUT2D eigenvalue weighted by molar-refractivity contribution is 1.18. The Bertz CT molecular complexity index is 3290. The van der Waals surface area contributed by atoms with Crippen molar-refractivity contribution in [1.29, 1.82) is 0 Å². The van der Waals surface area contributed by atoms with E-state index < -0.39 is 0 Å². The van der Waals surface area contributed by atoms with Crippen LogP contribution in [-0.2, 0) is 0 Å². The average Bonchev–Trinajstić information content (AvgIpc) is 3.42. The molecule has 0 spiro atoms. The molecule has 0 aliphatic heterocycles. The highest BCUT2D eigenvalue weighted by Crippen LogP contribution is 2.49. The SMILES string of the molecule is c1ccc(-c2ccc(-c3nc(-c4ccccc4)cc(-c4cccc(-c5ccc(-c6c(-c7ccccc7)c(-c7ccccc7)nc(-c7ccccc7)c6-c6ccccc6)cc5)c4)n3)cc2)cc1. The highest BCUT2D eigenvalue weighted by Gasteiger charge is 2.25. The van der Waals surface area contributed by atoms with Gasteiger partial charge in [-0.25, -0.2) is 15.0 Å². The van der Waals surface area contributed by atoms with E-state index >= 15 is 0 Å². The lowest BCUT2D eigenvalue weighted by Gasteiger charge is -2.23. The first-order valence-electron chi connectivity index (χ1n) is 22.3. The molecule has 2 heterocycles. The van der Waals surface area contributed by atoms with Crippen LogP contribution < -0.4 is 0 Å². The third-order valence-electron chi connectivity index (χ3n) is 12.1. The summed E-state index contributed by atoms with van der Waals surface area (Å²) >= 11 is 0. The third kappa shape index (κ3) is 8.14. The van der Waals surface area contributed by atoms with Crippen LogP contribution in [0.2, 0.25) is 0 Å². The molecule has 3 heteroatoms. The number of hydrogen-bond donors (Lipinski definition) is 0. The summed E-state index contributed by atoms with van der Waals surface area (Å²) < 4.78 is 0. The van der Waals surface area contributed by atoms with Gasteiger partial charge in [-0.05, 0) is 51.1 Å². The second kappa shape index (κ2) is 18.1. The van der Waals surface area contributed by atoms with Crippen LogP contribution in [0, 0.1) is 0 Å². The molecule has 0 fully saturated rings. The van der Waals surface area contributed by atoms with Crippen LogP contribution in [0.1, 0.15) is 0 Å². The molecule has 0 amide bonds. The van der Waals surface area contributed by atoms with Crippen molar-refractivity contribution in [1.82, 2.24) is 15.0 Å². The van der Waals surface area contributed by atoms with E-state index in [0.29, 0.717) is 5.82 Å². The van der Waals surface area contributed by atoms with Crippen molar-refractivity contribution in [2.45, 2.75) is 0 Å². The van der Waals surface area contributed by atoms with Gasteiger partial charge in [0.2, 0.25) is 0 Å². The Labute approximate surface area is 386 Å². The van der Waals surface area contributed by atoms with Gasteiger partial charge in [0, 0.05) is 44.5 Å². The predicted molar refractivity (Wildman–Crippen MR) is 274 cm³/mol. The van der Waals surface area contributed by atoms with E-state index in [9.17, 15) is 0 Å². The van der Waals surface area contributed by atoms with Gasteiger partial charge in [-0.2, -0.15) is 0 Å². The smallest absolute Gasteiger partial charge is 0.160 e. The molecule has 66 heavy (non-hydrogen) atoms. The normalized spacial score (nSPS) is 11.0. The van der Waals surface area contributed by atoms with E-state index in [0.717, 1.165) is 101 Å². The maximum Gasteiger partial charge on any atom is 0.160 e. The summed E-state index contributed by atoms with van der Waals surface area (Å²) in [5.41, 5.74) is 20.0. The van der Waals surface area contributed by atoms with E-state index in [1.807, 2.05) is 12.1 Å². The lowest BCUT2D eigenvalue weighted by atomic mass is 9.83. The molecule has 0 saturated carbocycles. The summed E-state index contributed by atoms with van der Waals surface area (Å²) in [6.45, 7) is 0. The Morgan fingerprint density at radius 3 is 0.985 bits per heavy atom. The second-order valence-corrected chi connectivity index (χ2v) is 16.3. The molecular formula is C63H43N3. The maximum absolute atomic E-state index is 5.61. The first kappa shape index (κ1) is 40.0. The molecule has 0 N–H and O–H groups in total. The third-order valence-corrected chi connectivity index (χ3v) is 12.1. The summed E-state index contributed by atoms with van der Waals surface area (Å²) in [5.74, 6) is 0.686. The molecule has 0 aliphatic rings. The number of hydrogen-bond acceptors (Lipinski definition) is 3. The molecule has 11 aromatic rings. The van der Waals surface area contributed by atoms with Crippen molar-refractivity contribution in [2.24, 2.45) is 0 Å². The van der Waals surface area contributed by atoms with Gasteiger partial charge in [0.25, 0.3) is 0 Å². The highest BCUT2D eigenvalue weighted by atomic mass is 14.9. The maximum atomic E-state index is 5.61. The van der Waals surface area contributed by atoms with E-state index in [2.05, 4.69) is 249 Å². The molecule has 0 saturated heterocycles. The molecule has 11 rings (SSSR count). The first-order valence-corrected chi connectivity index (χ1v) is 22.3. The average molecular weight is 842 g/mol. The minimum Gasteiger partial charge on any atom is -0.246 e. The van der Waals surface area contributed by atoms with E-state index in [4.69, 9.17) is 15.0 Å². The van der Waals surface area contributed by atoms with E-state index in [-0.39, 0.29) is 0 Å². The van der Waals surface area contributed by atoms with Gasteiger partial charge < -0.3 is 0 Å². The second-order valence-electron chi connectivity index (χ2n) is 16.3. The Morgan fingerprint density at radius 2 is 0.500 bits per heavy atom. The zero-order valence-electron chi connectivity index (χ0n) is 36.2. The van der Waals surface area contributed by atoms with Crippen molar-refractivity contribution in [3.05, 3.63) is 261 Å². The number of benzene rings is 9. The van der Waals surface area contributed by atoms with Crippen LogP contribution in [0.3, 0.4) is 0 Å². The van der Waals surface area contributed by atoms with Gasteiger partial charge in [-0.1, -0.05) is 249 Å². The fourth-order valence-electron chi connectivity index (χ4n) is 8.87. The Hall–Kier alpha value is -8.79. The van der Waals surface area contributed by atoms with Crippen molar-refractivity contribution in [2.75, 3.05) is 0 Å². The molecule has 3 nitrogen and oxygen atoms in total. The molecule has 0 unspecified atom stereocenters. The van der Waals surface area contributed by atoms with Gasteiger partial charge in [-0.3, -0.25) is 0 Å². The molecule has 9 aromatic carbocycles. The Balaban J connectivity index is 1.05. The lowest BCUT2D eigenvalue weighted by Crippen LogP contribution is -2.01. The zero-order valence-corrected chi connectivity index (χ0v) is 36.2. The van der Waals surface area contributed by atoms with Gasteiger partial charge in [0.1, 0.15) is 0 Å². The molecule has 0 bridgehead atoms. The van der Waals surface area contributed by atoms with Crippen LogP contribution in [0.4, 0.5) is 0 Å². The summed E-state index contributed by atoms with van der Waals surface area (Å²) in [4.78, 5) is 15.9. The standard InChI is InChI=1S/C63H43N3/c1-7-20-44(21-8-1)45-36-40-53(41-37-45)63-64-56(47-22-9-2-10-23-47)43-57(65-63)55-33-19-32-54(42-55)46-34-38-50(39-35-46)58-59(48-24-11-3-12-25-48)61(51-28-15-5-16-29-51)66-62(52-30-17-6-18-31-52)60(58)49-26-13-4-14-27-49/h1-43H. The summed E-state index contributed by atoms with van der Waals surface area (Å²) in [5, 5.41) is 0. The quantitative estimate of drug-likeness (QED) is 0.138. The van der Waals surface area contributed by atoms with Crippen molar-refractivity contribution >= 4 is 0 Å². The number of rotatable bonds is 10. The molecular weight excluding hydrogens is 799 g/mol. The molecule has 0 atom stereocenters.